The highest BCUT2D eigenvalue weighted by molar-refractivity contribution is 7.92. The van der Waals surface area contributed by atoms with Gasteiger partial charge >= 0.3 is 0 Å². The van der Waals surface area contributed by atoms with Gasteiger partial charge in [-0.3, -0.25) is 9.10 Å². The van der Waals surface area contributed by atoms with Gasteiger partial charge in [0, 0.05) is 5.69 Å². The van der Waals surface area contributed by atoms with E-state index in [2.05, 4.69) is 5.32 Å². The van der Waals surface area contributed by atoms with Gasteiger partial charge in [-0.25, -0.2) is 8.42 Å². The molecule has 0 unspecified atom stereocenters. The Labute approximate surface area is 170 Å². The molecule has 0 aromatic heterocycles. The number of nitrogens with zero attached hydrogens (tertiary/aromatic N) is 1. The SMILES string of the molecule is COc1ccc(S(=O)(=O)N(CC(=O)Nc2cccc(C)c2)c2ccccc2)cc1. The summed E-state index contributed by atoms with van der Waals surface area (Å²) in [6.07, 6.45) is 0. The molecule has 0 heterocycles. The molecule has 3 rings (SSSR count). The predicted molar refractivity (Wildman–Crippen MR) is 114 cm³/mol. The molecule has 1 N–H and O–H groups in total. The lowest BCUT2D eigenvalue weighted by Crippen LogP contribution is -2.38. The predicted octanol–water partition coefficient (Wildman–Crippen LogP) is 3.84. The maximum atomic E-state index is 13.3. The van der Waals surface area contributed by atoms with Gasteiger partial charge in [-0.15, -0.1) is 0 Å². The highest BCUT2D eigenvalue weighted by Crippen LogP contribution is 2.25. The minimum absolute atomic E-state index is 0.0745. The van der Waals surface area contributed by atoms with Gasteiger partial charge < -0.3 is 10.1 Å². The molecule has 0 aliphatic heterocycles. The number of sulfonamides is 1. The summed E-state index contributed by atoms with van der Waals surface area (Å²) in [5.41, 5.74) is 2.01. The zero-order chi connectivity index (χ0) is 20.9. The Morgan fingerprint density at radius 3 is 2.28 bits per heavy atom. The Bertz CT molecular complexity index is 1080. The summed E-state index contributed by atoms with van der Waals surface area (Å²) in [6, 6.07) is 21.9. The molecule has 150 valence electrons. The standard InChI is InChI=1S/C22H22N2O4S/c1-17-7-6-8-18(15-17)23-22(25)16-24(19-9-4-3-5-10-19)29(26,27)21-13-11-20(28-2)12-14-21/h3-15H,16H2,1-2H3,(H,23,25). The number of anilines is 2. The lowest BCUT2D eigenvalue weighted by atomic mass is 10.2. The van der Waals surface area contributed by atoms with Crippen molar-refractivity contribution in [2.75, 3.05) is 23.3 Å². The van der Waals surface area contributed by atoms with E-state index in [-0.39, 0.29) is 11.4 Å². The van der Waals surface area contributed by atoms with Gasteiger partial charge in [-0.2, -0.15) is 0 Å². The molecule has 0 fully saturated rings. The van der Waals surface area contributed by atoms with Crippen LogP contribution in [0.3, 0.4) is 0 Å². The molecule has 0 saturated heterocycles. The highest BCUT2D eigenvalue weighted by Gasteiger charge is 2.27. The van der Waals surface area contributed by atoms with Crippen molar-refractivity contribution >= 4 is 27.3 Å². The number of hydrogen-bond acceptors (Lipinski definition) is 4. The molecule has 0 aliphatic carbocycles. The van der Waals surface area contributed by atoms with E-state index in [0.29, 0.717) is 17.1 Å². The van der Waals surface area contributed by atoms with E-state index in [9.17, 15) is 13.2 Å². The first kappa shape index (κ1) is 20.4. The number of carbonyl (C=O) groups excluding carboxylic acids is 1. The third-order valence-corrected chi connectivity index (χ3v) is 6.07. The van der Waals surface area contributed by atoms with E-state index in [1.165, 1.54) is 19.2 Å². The van der Waals surface area contributed by atoms with Gasteiger partial charge in [0.1, 0.15) is 12.3 Å². The van der Waals surface area contributed by atoms with Crippen LogP contribution in [0.2, 0.25) is 0 Å². The van der Waals surface area contributed by atoms with Crippen LogP contribution in [0.4, 0.5) is 11.4 Å². The molecule has 0 atom stereocenters. The summed E-state index contributed by atoms with van der Waals surface area (Å²) in [4.78, 5) is 12.7. The Kier molecular flexibility index (Phi) is 6.19. The number of carbonyl (C=O) groups is 1. The van der Waals surface area contributed by atoms with Crippen LogP contribution in [0.25, 0.3) is 0 Å². The van der Waals surface area contributed by atoms with Crippen LogP contribution in [0, 0.1) is 6.92 Å². The molecule has 0 spiro atoms. The van der Waals surface area contributed by atoms with Gasteiger partial charge in [0.2, 0.25) is 5.91 Å². The molecule has 0 bridgehead atoms. The van der Waals surface area contributed by atoms with E-state index in [1.807, 2.05) is 25.1 Å². The van der Waals surface area contributed by atoms with Gasteiger partial charge in [0.25, 0.3) is 10.0 Å². The number of para-hydroxylation sites is 1. The maximum Gasteiger partial charge on any atom is 0.264 e. The number of aryl methyl sites for hydroxylation is 1. The molecule has 6 nitrogen and oxygen atoms in total. The third kappa shape index (κ3) is 4.94. The highest BCUT2D eigenvalue weighted by atomic mass is 32.2. The molecule has 0 radical (unpaired) electrons. The Hall–Kier alpha value is -3.32. The number of rotatable bonds is 7. The summed E-state index contributed by atoms with van der Waals surface area (Å²) < 4.78 is 32.8. The van der Waals surface area contributed by atoms with Crippen molar-refractivity contribution in [3.8, 4) is 5.75 Å². The van der Waals surface area contributed by atoms with Gasteiger partial charge in [0.05, 0.1) is 17.7 Å². The molecular weight excluding hydrogens is 388 g/mol. The normalized spacial score (nSPS) is 11.0. The van der Waals surface area contributed by atoms with Crippen molar-refractivity contribution in [2.45, 2.75) is 11.8 Å². The second kappa shape index (κ2) is 8.79. The zero-order valence-electron chi connectivity index (χ0n) is 16.2. The molecule has 0 aliphatic rings. The lowest BCUT2D eigenvalue weighted by molar-refractivity contribution is -0.114. The quantitative estimate of drug-likeness (QED) is 0.642. The Morgan fingerprint density at radius 2 is 1.66 bits per heavy atom. The average molecular weight is 410 g/mol. The molecule has 29 heavy (non-hydrogen) atoms. The van der Waals surface area contributed by atoms with Crippen LogP contribution in [0.15, 0.2) is 83.8 Å². The fourth-order valence-electron chi connectivity index (χ4n) is 2.84. The Morgan fingerprint density at radius 1 is 0.966 bits per heavy atom. The first-order valence-corrected chi connectivity index (χ1v) is 10.4. The summed E-state index contributed by atoms with van der Waals surface area (Å²) in [7, 11) is -2.45. The minimum atomic E-state index is -3.96. The molecule has 0 saturated carbocycles. The van der Waals surface area contributed by atoms with Crippen LogP contribution in [-0.2, 0) is 14.8 Å². The van der Waals surface area contributed by atoms with Crippen molar-refractivity contribution in [3.63, 3.8) is 0 Å². The van der Waals surface area contributed by atoms with Crippen LogP contribution in [0.1, 0.15) is 5.56 Å². The number of methoxy groups -OCH3 is 1. The topological polar surface area (TPSA) is 75.7 Å². The number of ether oxygens (including phenoxy) is 1. The van der Waals surface area contributed by atoms with Crippen molar-refractivity contribution < 1.29 is 17.9 Å². The average Bonchev–Trinajstić information content (AvgIpc) is 2.72. The zero-order valence-corrected chi connectivity index (χ0v) is 17.0. The van der Waals surface area contributed by atoms with Crippen molar-refractivity contribution in [1.29, 1.82) is 0 Å². The van der Waals surface area contributed by atoms with E-state index in [4.69, 9.17) is 4.74 Å². The fraction of sp³-hybridized carbons (Fsp3) is 0.136. The second-order valence-corrected chi connectivity index (χ2v) is 8.30. The summed E-state index contributed by atoms with van der Waals surface area (Å²) in [5, 5.41) is 2.76. The smallest absolute Gasteiger partial charge is 0.264 e. The van der Waals surface area contributed by atoms with Crippen molar-refractivity contribution in [2.24, 2.45) is 0 Å². The summed E-state index contributed by atoms with van der Waals surface area (Å²) in [6.45, 7) is 1.56. The lowest BCUT2D eigenvalue weighted by Gasteiger charge is -2.24. The minimum Gasteiger partial charge on any atom is -0.497 e. The summed E-state index contributed by atoms with van der Waals surface area (Å²) in [5.74, 6) is 0.115. The van der Waals surface area contributed by atoms with E-state index in [1.54, 1.807) is 48.5 Å². The number of amides is 1. The van der Waals surface area contributed by atoms with E-state index in [0.717, 1.165) is 9.87 Å². The van der Waals surface area contributed by atoms with Crippen LogP contribution in [-0.4, -0.2) is 28.0 Å². The first-order chi connectivity index (χ1) is 13.9. The molecule has 3 aromatic carbocycles. The number of nitrogens with one attached hydrogen (secondary N) is 1. The molecule has 1 amide bonds. The largest absolute Gasteiger partial charge is 0.497 e. The van der Waals surface area contributed by atoms with Crippen molar-refractivity contribution in [3.05, 3.63) is 84.4 Å². The van der Waals surface area contributed by atoms with Gasteiger partial charge in [0.15, 0.2) is 0 Å². The molecule has 3 aromatic rings. The number of hydrogen-bond donors (Lipinski definition) is 1. The fourth-order valence-corrected chi connectivity index (χ4v) is 4.26. The first-order valence-electron chi connectivity index (χ1n) is 8.98. The van der Waals surface area contributed by atoms with Crippen molar-refractivity contribution in [1.82, 2.24) is 0 Å². The monoisotopic (exact) mass is 410 g/mol. The number of benzene rings is 3. The van der Waals surface area contributed by atoms with Crippen LogP contribution < -0.4 is 14.4 Å². The molecular formula is C22H22N2O4S. The Balaban J connectivity index is 1.91. The van der Waals surface area contributed by atoms with Crippen LogP contribution in [0.5, 0.6) is 5.75 Å². The third-order valence-electron chi connectivity index (χ3n) is 4.28. The van der Waals surface area contributed by atoms with E-state index < -0.39 is 15.9 Å². The van der Waals surface area contributed by atoms with E-state index >= 15 is 0 Å². The maximum absolute atomic E-state index is 13.3. The van der Waals surface area contributed by atoms with Gasteiger partial charge in [-0.05, 0) is 61.0 Å². The van der Waals surface area contributed by atoms with Crippen LogP contribution >= 0.6 is 0 Å². The second-order valence-electron chi connectivity index (χ2n) is 6.44. The summed E-state index contributed by atoms with van der Waals surface area (Å²) >= 11 is 0. The van der Waals surface area contributed by atoms with Gasteiger partial charge in [-0.1, -0.05) is 30.3 Å². The molecule has 7 heteroatoms.